The highest BCUT2D eigenvalue weighted by atomic mass is 32.2. The molecule has 0 saturated carbocycles. The van der Waals surface area contributed by atoms with Crippen LogP contribution in [0.2, 0.25) is 0 Å². The molecule has 2 rings (SSSR count). The second-order valence-electron chi connectivity index (χ2n) is 5.84. The molecule has 0 radical (unpaired) electrons. The van der Waals surface area contributed by atoms with Gasteiger partial charge in [0.25, 0.3) is 0 Å². The lowest BCUT2D eigenvalue weighted by molar-refractivity contribution is 0.274. The first-order valence-electron chi connectivity index (χ1n) is 7.56. The maximum Gasteiger partial charge on any atom is 0.211 e. The fraction of sp³-hybridized carbons (Fsp3) is 0.786. The summed E-state index contributed by atoms with van der Waals surface area (Å²) in [5.74, 6) is 1.34. The Labute approximate surface area is 127 Å². The molecule has 21 heavy (non-hydrogen) atoms. The van der Waals surface area contributed by atoms with Crippen molar-refractivity contribution in [1.82, 2.24) is 14.9 Å². The molecule has 7 heteroatoms. The molecule has 0 atom stereocenters. The summed E-state index contributed by atoms with van der Waals surface area (Å²) in [6, 6.07) is 0.447. The van der Waals surface area contributed by atoms with Gasteiger partial charge in [0.1, 0.15) is 0 Å². The summed E-state index contributed by atoms with van der Waals surface area (Å²) in [5, 5.41) is 6.77. The highest BCUT2D eigenvalue weighted by Crippen LogP contribution is 2.18. The Morgan fingerprint density at radius 3 is 2.43 bits per heavy atom. The molecular formula is C14H26N4O2S. The maximum atomic E-state index is 11.5. The summed E-state index contributed by atoms with van der Waals surface area (Å²) in [7, 11) is -1.25. The number of aliphatic imine (C=N–C) groups is 1. The van der Waals surface area contributed by atoms with Crippen molar-refractivity contribution in [3.8, 4) is 0 Å². The van der Waals surface area contributed by atoms with Crippen LogP contribution >= 0.6 is 0 Å². The Kier molecular flexibility index (Phi) is 5.64. The van der Waals surface area contributed by atoms with Gasteiger partial charge in [0, 0.05) is 32.7 Å². The van der Waals surface area contributed by atoms with Crippen LogP contribution in [0.3, 0.4) is 0 Å². The SMILES string of the molecule is CN=C(NCC1CCN(S(C)(=O)=O)CC1)NC1CC=CC1. The molecule has 0 spiro atoms. The first kappa shape index (κ1) is 16.3. The second kappa shape index (κ2) is 7.26. The van der Waals surface area contributed by atoms with Crippen LogP contribution in [-0.4, -0.2) is 57.7 Å². The van der Waals surface area contributed by atoms with Gasteiger partial charge >= 0.3 is 0 Å². The molecule has 1 fully saturated rings. The van der Waals surface area contributed by atoms with Gasteiger partial charge < -0.3 is 10.6 Å². The molecule has 1 heterocycles. The summed E-state index contributed by atoms with van der Waals surface area (Å²) in [4.78, 5) is 4.25. The quantitative estimate of drug-likeness (QED) is 0.451. The third kappa shape index (κ3) is 5.00. The Balaban J connectivity index is 1.71. The number of rotatable bonds is 4. The summed E-state index contributed by atoms with van der Waals surface area (Å²) in [6.07, 6.45) is 9.57. The summed E-state index contributed by atoms with van der Waals surface area (Å²) in [6.45, 7) is 2.10. The average molecular weight is 314 g/mol. The van der Waals surface area contributed by atoms with Crippen LogP contribution in [-0.2, 0) is 10.0 Å². The van der Waals surface area contributed by atoms with E-state index in [0.717, 1.165) is 38.2 Å². The number of hydrogen-bond acceptors (Lipinski definition) is 3. The van der Waals surface area contributed by atoms with Gasteiger partial charge in [-0.25, -0.2) is 12.7 Å². The first-order valence-corrected chi connectivity index (χ1v) is 9.41. The van der Waals surface area contributed by atoms with Crippen LogP contribution in [0.25, 0.3) is 0 Å². The van der Waals surface area contributed by atoms with Gasteiger partial charge in [0.05, 0.1) is 6.26 Å². The zero-order chi connectivity index (χ0) is 15.3. The van der Waals surface area contributed by atoms with Crippen LogP contribution in [0, 0.1) is 5.92 Å². The Morgan fingerprint density at radius 1 is 1.29 bits per heavy atom. The molecule has 1 aliphatic carbocycles. The fourth-order valence-corrected chi connectivity index (χ4v) is 3.68. The molecule has 0 aromatic rings. The van der Waals surface area contributed by atoms with Crippen molar-refractivity contribution in [3.05, 3.63) is 12.2 Å². The summed E-state index contributed by atoms with van der Waals surface area (Å²) < 4.78 is 24.5. The molecule has 0 amide bonds. The molecule has 120 valence electrons. The minimum absolute atomic E-state index is 0.447. The van der Waals surface area contributed by atoms with E-state index in [1.807, 2.05) is 0 Å². The highest BCUT2D eigenvalue weighted by Gasteiger charge is 2.25. The lowest BCUT2D eigenvalue weighted by atomic mass is 9.98. The standard InChI is InChI=1S/C14H26N4O2S/c1-15-14(17-13-5-3-4-6-13)16-11-12-7-9-18(10-8-12)21(2,19)20/h3-4,12-13H,5-11H2,1-2H3,(H2,15,16,17). The van der Waals surface area contributed by atoms with Gasteiger partial charge in [-0.15, -0.1) is 0 Å². The van der Waals surface area contributed by atoms with E-state index in [-0.39, 0.29) is 0 Å². The Hall–Kier alpha value is -1.08. The molecule has 2 aliphatic rings. The molecular weight excluding hydrogens is 288 g/mol. The van der Waals surface area contributed by atoms with E-state index in [4.69, 9.17) is 0 Å². The first-order chi connectivity index (χ1) is 9.99. The van der Waals surface area contributed by atoms with Crippen LogP contribution < -0.4 is 10.6 Å². The van der Waals surface area contributed by atoms with Crippen molar-refractivity contribution in [2.24, 2.45) is 10.9 Å². The predicted octanol–water partition coefficient (Wildman–Crippen LogP) is 0.542. The van der Waals surface area contributed by atoms with Crippen molar-refractivity contribution < 1.29 is 8.42 Å². The monoisotopic (exact) mass is 314 g/mol. The Morgan fingerprint density at radius 2 is 1.90 bits per heavy atom. The van der Waals surface area contributed by atoms with Crippen molar-refractivity contribution in [2.75, 3.05) is 32.9 Å². The summed E-state index contributed by atoms with van der Waals surface area (Å²) >= 11 is 0. The second-order valence-corrected chi connectivity index (χ2v) is 7.83. The smallest absolute Gasteiger partial charge is 0.211 e. The van der Waals surface area contributed by atoms with Crippen molar-refractivity contribution in [1.29, 1.82) is 0 Å². The van der Waals surface area contributed by atoms with Gasteiger partial charge in [0.15, 0.2) is 5.96 Å². The lowest BCUT2D eigenvalue weighted by Crippen LogP contribution is -2.46. The van der Waals surface area contributed by atoms with Gasteiger partial charge in [-0.3, -0.25) is 4.99 Å². The minimum atomic E-state index is -3.03. The van der Waals surface area contributed by atoms with Crippen LogP contribution in [0.4, 0.5) is 0 Å². The van der Waals surface area contributed by atoms with Gasteiger partial charge in [0.2, 0.25) is 10.0 Å². The average Bonchev–Trinajstić information content (AvgIpc) is 2.96. The predicted molar refractivity (Wildman–Crippen MR) is 85.8 cm³/mol. The van der Waals surface area contributed by atoms with Gasteiger partial charge in [-0.1, -0.05) is 12.2 Å². The van der Waals surface area contributed by atoms with Crippen LogP contribution in [0.1, 0.15) is 25.7 Å². The van der Waals surface area contributed by atoms with Crippen molar-refractivity contribution in [3.63, 3.8) is 0 Å². The lowest BCUT2D eigenvalue weighted by Gasteiger charge is -2.30. The highest BCUT2D eigenvalue weighted by molar-refractivity contribution is 7.88. The molecule has 0 bridgehead atoms. The van der Waals surface area contributed by atoms with E-state index in [0.29, 0.717) is 25.0 Å². The topological polar surface area (TPSA) is 73.8 Å². The summed E-state index contributed by atoms with van der Waals surface area (Å²) in [5.41, 5.74) is 0. The van der Waals surface area contributed by atoms with E-state index in [2.05, 4.69) is 27.8 Å². The number of nitrogens with one attached hydrogen (secondary N) is 2. The zero-order valence-electron chi connectivity index (χ0n) is 12.9. The van der Waals surface area contributed by atoms with E-state index >= 15 is 0 Å². The molecule has 2 N–H and O–H groups in total. The zero-order valence-corrected chi connectivity index (χ0v) is 13.7. The fourth-order valence-electron chi connectivity index (χ4n) is 2.81. The van der Waals surface area contributed by atoms with E-state index < -0.39 is 10.0 Å². The van der Waals surface area contributed by atoms with E-state index in [1.165, 1.54) is 6.26 Å². The molecule has 1 aliphatic heterocycles. The Bertz CT molecular complexity index is 485. The molecule has 6 nitrogen and oxygen atoms in total. The van der Waals surface area contributed by atoms with Crippen molar-refractivity contribution >= 4 is 16.0 Å². The molecule has 1 saturated heterocycles. The molecule has 0 aromatic heterocycles. The number of sulfonamides is 1. The number of guanidine groups is 1. The third-order valence-electron chi connectivity index (χ3n) is 4.17. The van der Waals surface area contributed by atoms with Gasteiger partial charge in [-0.05, 0) is 31.6 Å². The van der Waals surface area contributed by atoms with Crippen LogP contribution in [0.15, 0.2) is 17.1 Å². The van der Waals surface area contributed by atoms with E-state index in [1.54, 1.807) is 11.4 Å². The third-order valence-corrected chi connectivity index (χ3v) is 5.48. The van der Waals surface area contributed by atoms with Crippen molar-refractivity contribution in [2.45, 2.75) is 31.7 Å². The van der Waals surface area contributed by atoms with Gasteiger partial charge in [-0.2, -0.15) is 0 Å². The number of hydrogen-bond donors (Lipinski definition) is 2. The molecule has 0 aromatic carbocycles. The number of nitrogens with zero attached hydrogens (tertiary/aromatic N) is 2. The maximum absolute atomic E-state index is 11.5. The largest absolute Gasteiger partial charge is 0.356 e. The normalized spacial score (nSPS) is 22.7. The molecule has 0 unspecified atom stereocenters. The number of piperidine rings is 1. The van der Waals surface area contributed by atoms with Crippen LogP contribution in [0.5, 0.6) is 0 Å². The van der Waals surface area contributed by atoms with E-state index in [9.17, 15) is 8.42 Å². The minimum Gasteiger partial charge on any atom is -0.356 e.